The molecule has 0 spiro atoms. The minimum Gasteiger partial charge on any atom is -0.406 e. The number of nitrogens with zero attached hydrogens (tertiary/aromatic N) is 3. The summed E-state index contributed by atoms with van der Waals surface area (Å²) in [6.07, 6.45) is -3.07. The van der Waals surface area contributed by atoms with E-state index in [9.17, 15) is 13.2 Å². The molecule has 0 bridgehead atoms. The molecule has 5 nitrogen and oxygen atoms in total. The van der Waals surface area contributed by atoms with Gasteiger partial charge in [-0.25, -0.2) is 9.97 Å². The fourth-order valence-corrected chi connectivity index (χ4v) is 3.22. The molecule has 3 rings (SSSR count). The predicted octanol–water partition coefficient (Wildman–Crippen LogP) is 5.27. The minimum atomic E-state index is -4.68. The van der Waals surface area contributed by atoms with Crippen LogP contribution in [0.4, 0.5) is 24.8 Å². The van der Waals surface area contributed by atoms with Gasteiger partial charge in [0.1, 0.15) is 23.2 Å². The van der Waals surface area contributed by atoms with Gasteiger partial charge in [-0.15, -0.1) is 13.2 Å². The lowest BCUT2D eigenvalue weighted by Crippen LogP contribution is -2.31. The molecule has 29 heavy (non-hydrogen) atoms. The Hall–Kier alpha value is -2.51. The maximum absolute atomic E-state index is 12.5. The topological polar surface area (TPSA) is 50.3 Å². The number of aromatic nitrogens is 2. The summed E-state index contributed by atoms with van der Waals surface area (Å²) in [5.41, 5.74) is 1.85. The van der Waals surface area contributed by atoms with Crippen LogP contribution in [0.3, 0.4) is 0 Å². The molecular formula is C21H27F3N4O. The van der Waals surface area contributed by atoms with Crippen molar-refractivity contribution >= 4 is 11.6 Å². The van der Waals surface area contributed by atoms with Crippen molar-refractivity contribution in [2.24, 2.45) is 0 Å². The Morgan fingerprint density at radius 1 is 1.14 bits per heavy atom. The molecule has 158 valence electrons. The molecule has 0 saturated heterocycles. The molecule has 0 aliphatic carbocycles. The maximum Gasteiger partial charge on any atom is 0.573 e. The van der Waals surface area contributed by atoms with Crippen molar-refractivity contribution in [2.45, 2.75) is 65.4 Å². The Labute approximate surface area is 169 Å². The Morgan fingerprint density at radius 2 is 1.90 bits per heavy atom. The largest absolute Gasteiger partial charge is 0.573 e. The molecule has 1 aromatic heterocycles. The molecule has 1 atom stereocenters. The second kappa shape index (κ2) is 8.47. The predicted molar refractivity (Wildman–Crippen MR) is 107 cm³/mol. The number of hydrogen-bond donors (Lipinski definition) is 1. The molecule has 8 heteroatoms. The van der Waals surface area contributed by atoms with Gasteiger partial charge in [0.15, 0.2) is 0 Å². The second-order valence-electron chi connectivity index (χ2n) is 7.73. The summed E-state index contributed by atoms with van der Waals surface area (Å²) in [5, 5.41) is 3.41. The number of hydrogen-bond acceptors (Lipinski definition) is 5. The van der Waals surface area contributed by atoms with Crippen LogP contribution in [-0.4, -0.2) is 28.9 Å². The zero-order valence-electron chi connectivity index (χ0n) is 17.2. The summed E-state index contributed by atoms with van der Waals surface area (Å²) in [4.78, 5) is 11.5. The van der Waals surface area contributed by atoms with Crippen LogP contribution in [0, 0.1) is 0 Å². The van der Waals surface area contributed by atoms with Crippen molar-refractivity contribution in [1.82, 2.24) is 9.97 Å². The zero-order valence-corrected chi connectivity index (χ0v) is 17.2. The average Bonchev–Trinajstić information content (AvgIpc) is 2.65. The number of benzene rings is 1. The van der Waals surface area contributed by atoms with Crippen molar-refractivity contribution in [3.63, 3.8) is 0 Å². The highest BCUT2D eigenvalue weighted by atomic mass is 19.4. The number of anilines is 2. The molecule has 1 N–H and O–H groups in total. The van der Waals surface area contributed by atoms with Gasteiger partial charge in [0.25, 0.3) is 0 Å². The van der Waals surface area contributed by atoms with E-state index in [1.54, 1.807) is 6.07 Å². The summed E-state index contributed by atoms with van der Waals surface area (Å²) in [7, 11) is 0. The summed E-state index contributed by atoms with van der Waals surface area (Å²) >= 11 is 0. The van der Waals surface area contributed by atoms with E-state index in [0.717, 1.165) is 35.0 Å². The van der Waals surface area contributed by atoms with Gasteiger partial charge < -0.3 is 15.0 Å². The molecule has 2 heterocycles. The highest BCUT2D eigenvalue weighted by Crippen LogP contribution is 2.30. The quantitative estimate of drug-likeness (QED) is 0.706. The van der Waals surface area contributed by atoms with E-state index < -0.39 is 6.36 Å². The van der Waals surface area contributed by atoms with Crippen LogP contribution in [0.15, 0.2) is 24.3 Å². The Kier molecular flexibility index (Phi) is 6.19. The third-order valence-corrected chi connectivity index (χ3v) is 5.00. The number of alkyl halides is 3. The monoisotopic (exact) mass is 408 g/mol. The number of rotatable bonds is 6. The minimum absolute atomic E-state index is 0.172. The van der Waals surface area contributed by atoms with Crippen molar-refractivity contribution in [3.05, 3.63) is 41.2 Å². The van der Waals surface area contributed by atoms with Crippen LogP contribution in [0.5, 0.6) is 5.75 Å². The van der Waals surface area contributed by atoms with E-state index in [1.807, 2.05) is 6.07 Å². The molecule has 1 aromatic carbocycles. The summed E-state index contributed by atoms with van der Waals surface area (Å²) < 4.78 is 41.4. The van der Waals surface area contributed by atoms with Crippen molar-refractivity contribution in [1.29, 1.82) is 0 Å². The van der Waals surface area contributed by atoms with Crippen LogP contribution in [0.1, 0.15) is 57.0 Å². The first-order valence-corrected chi connectivity index (χ1v) is 9.92. The lowest BCUT2D eigenvalue weighted by atomic mass is 9.99. The molecule has 1 aliphatic heterocycles. The van der Waals surface area contributed by atoms with Crippen molar-refractivity contribution in [3.8, 4) is 5.75 Å². The van der Waals surface area contributed by atoms with Gasteiger partial charge in [0.2, 0.25) is 0 Å². The molecule has 2 aromatic rings. The van der Waals surface area contributed by atoms with Crippen LogP contribution in [0.25, 0.3) is 0 Å². The van der Waals surface area contributed by atoms with Gasteiger partial charge in [-0.05, 0) is 43.0 Å². The molecule has 0 saturated carbocycles. The fraction of sp³-hybridized carbons (Fsp3) is 0.524. The first-order chi connectivity index (χ1) is 13.6. The van der Waals surface area contributed by atoms with E-state index in [2.05, 4.69) is 47.6 Å². The van der Waals surface area contributed by atoms with E-state index in [1.165, 1.54) is 12.1 Å². The molecule has 0 fully saturated rings. The third-order valence-electron chi connectivity index (χ3n) is 5.00. The average molecular weight is 408 g/mol. The van der Waals surface area contributed by atoms with Crippen molar-refractivity contribution < 1.29 is 17.9 Å². The Bertz CT molecular complexity index is 854. The van der Waals surface area contributed by atoms with E-state index in [0.29, 0.717) is 25.6 Å². The number of ether oxygens (including phenoxy) is 1. The fourth-order valence-electron chi connectivity index (χ4n) is 3.22. The van der Waals surface area contributed by atoms with Crippen LogP contribution in [-0.2, 0) is 13.0 Å². The molecule has 0 unspecified atom stereocenters. The normalized spacial score (nSPS) is 15.2. The van der Waals surface area contributed by atoms with Gasteiger partial charge in [-0.3, -0.25) is 0 Å². The summed E-state index contributed by atoms with van der Waals surface area (Å²) in [5.74, 6) is 2.41. The van der Waals surface area contributed by atoms with Gasteiger partial charge in [0, 0.05) is 31.1 Å². The Morgan fingerprint density at radius 3 is 2.55 bits per heavy atom. The lowest BCUT2D eigenvalue weighted by Gasteiger charge is -2.31. The molecular weight excluding hydrogens is 381 g/mol. The Balaban J connectivity index is 1.83. The number of nitrogens with one attached hydrogen (secondary N) is 1. The second-order valence-corrected chi connectivity index (χ2v) is 7.73. The number of fused-ring (bicyclic) bond motifs is 1. The van der Waals surface area contributed by atoms with Gasteiger partial charge in [0.05, 0.1) is 0 Å². The highest BCUT2D eigenvalue weighted by molar-refractivity contribution is 5.52. The summed E-state index contributed by atoms with van der Waals surface area (Å²) in [6, 6.07) is 6.79. The van der Waals surface area contributed by atoms with Gasteiger partial charge in [-0.2, -0.15) is 0 Å². The first kappa shape index (κ1) is 21.2. The van der Waals surface area contributed by atoms with Crippen LogP contribution in [0.2, 0.25) is 0 Å². The standard InChI is InChI=1S/C21H27F3N4O/c1-5-14(4)25-18-11-19(27-20(26-18)13(2)3)28-9-8-15-10-17(29-21(22,23)24)7-6-16(15)12-28/h6-7,10-11,13-14H,5,8-9,12H2,1-4H3,(H,25,26,27)/t14-/m1/s1. The summed E-state index contributed by atoms with van der Waals surface area (Å²) in [6.45, 7) is 9.58. The third kappa shape index (κ3) is 5.52. The highest BCUT2D eigenvalue weighted by Gasteiger charge is 2.31. The molecule has 0 radical (unpaired) electrons. The maximum atomic E-state index is 12.5. The zero-order chi connectivity index (χ0) is 21.2. The van der Waals surface area contributed by atoms with E-state index in [4.69, 9.17) is 4.98 Å². The smallest absolute Gasteiger partial charge is 0.406 e. The first-order valence-electron chi connectivity index (χ1n) is 9.92. The van der Waals surface area contributed by atoms with Crippen LogP contribution < -0.4 is 15.0 Å². The van der Waals surface area contributed by atoms with E-state index >= 15 is 0 Å². The van der Waals surface area contributed by atoms with Gasteiger partial charge >= 0.3 is 6.36 Å². The van der Waals surface area contributed by atoms with Crippen molar-refractivity contribution in [2.75, 3.05) is 16.8 Å². The van der Waals surface area contributed by atoms with Crippen LogP contribution >= 0.6 is 0 Å². The SMILES string of the molecule is CC[C@@H](C)Nc1cc(N2CCc3cc(OC(F)(F)F)ccc3C2)nc(C(C)C)n1. The van der Waals surface area contributed by atoms with E-state index in [-0.39, 0.29) is 11.7 Å². The lowest BCUT2D eigenvalue weighted by molar-refractivity contribution is -0.274. The molecule has 1 aliphatic rings. The molecule has 0 amide bonds. The van der Waals surface area contributed by atoms with Gasteiger partial charge in [-0.1, -0.05) is 26.8 Å². The number of halogens is 3.